The third-order valence-corrected chi connectivity index (χ3v) is 3.23. The van der Waals surface area contributed by atoms with Crippen molar-refractivity contribution in [2.75, 3.05) is 13.1 Å². The molecule has 0 unspecified atom stereocenters. The summed E-state index contributed by atoms with van der Waals surface area (Å²) in [6.07, 6.45) is 1.71. The van der Waals surface area contributed by atoms with Gasteiger partial charge >= 0.3 is 0 Å². The van der Waals surface area contributed by atoms with Gasteiger partial charge in [0.15, 0.2) is 0 Å². The van der Waals surface area contributed by atoms with E-state index in [0.717, 1.165) is 10.9 Å². The molecular formula is C14H14N2O2. The number of hydrogen-bond acceptors (Lipinski definition) is 3. The number of carbonyl (C=O) groups is 1. The van der Waals surface area contributed by atoms with Gasteiger partial charge in [0, 0.05) is 17.1 Å². The molecule has 0 aliphatic carbocycles. The number of β-amino-alcohol motifs (C(OH)–C–C–N with tert-alkyl or cyclic N) is 1. The zero-order valence-corrected chi connectivity index (χ0v) is 10.1. The Morgan fingerprint density at radius 3 is 2.83 bits per heavy atom. The van der Waals surface area contributed by atoms with Gasteiger partial charge in [-0.1, -0.05) is 12.1 Å². The van der Waals surface area contributed by atoms with Crippen molar-refractivity contribution in [3.63, 3.8) is 0 Å². The third-order valence-electron chi connectivity index (χ3n) is 3.23. The van der Waals surface area contributed by atoms with Crippen LogP contribution in [-0.4, -0.2) is 39.6 Å². The van der Waals surface area contributed by atoms with E-state index in [-0.39, 0.29) is 5.91 Å². The molecule has 1 fully saturated rings. The molecule has 4 nitrogen and oxygen atoms in total. The van der Waals surface area contributed by atoms with Crippen LogP contribution >= 0.6 is 0 Å². The lowest BCUT2D eigenvalue weighted by molar-refractivity contribution is -0.0668. The van der Waals surface area contributed by atoms with Crippen LogP contribution in [0.2, 0.25) is 0 Å². The molecule has 18 heavy (non-hydrogen) atoms. The van der Waals surface area contributed by atoms with E-state index in [1.54, 1.807) is 24.1 Å². The van der Waals surface area contributed by atoms with E-state index in [1.807, 2.05) is 24.3 Å². The molecule has 1 aliphatic rings. The summed E-state index contributed by atoms with van der Waals surface area (Å²) in [7, 11) is 0. The van der Waals surface area contributed by atoms with Crippen LogP contribution in [-0.2, 0) is 0 Å². The first-order chi connectivity index (χ1) is 8.57. The van der Waals surface area contributed by atoms with Crippen molar-refractivity contribution in [2.24, 2.45) is 0 Å². The van der Waals surface area contributed by atoms with Gasteiger partial charge in [-0.25, -0.2) is 0 Å². The summed E-state index contributed by atoms with van der Waals surface area (Å²) in [5.74, 6) is -0.0416. The lowest BCUT2D eigenvalue weighted by atomic mass is 9.95. The van der Waals surface area contributed by atoms with Gasteiger partial charge in [-0.05, 0) is 25.1 Å². The van der Waals surface area contributed by atoms with E-state index >= 15 is 0 Å². The first-order valence-electron chi connectivity index (χ1n) is 5.92. The Hall–Kier alpha value is -1.94. The average Bonchev–Trinajstić information content (AvgIpc) is 2.34. The Bertz CT molecular complexity index is 609. The standard InChI is InChI=1S/C14H14N2O2/c1-14(18)8-16(9-14)13(17)11-4-2-6-12-10(11)5-3-7-15-12/h2-7,18H,8-9H2,1H3. The monoisotopic (exact) mass is 242 g/mol. The summed E-state index contributed by atoms with van der Waals surface area (Å²) in [6, 6.07) is 9.25. The molecule has 3 rings (SSSR count). The largest absolute Gasteiger partial charge is 0.386 e. The summed E-state index contributed by atoms with van der Waals surface area (Å²) in [5, 5.41) is 10.5. The topological polar surface area (TPSA) is 53.4 Å². The van der Waals surface area contributed by atoms with Gasteiger partial charge in [-0.3, -0.25) is 9.78 Å². The highest BCUT2D eigenvalue weighted by Gasteiger charge is 2.39. The summed E-state index contributed by atoms with van der Waals surface area (Å²) in [6.45, 7) is 2.52. The molecule has 92 valence electrons. The second kappa shape index (κ2) is 3.78. The van der Waals surface area contributed by atoms with Gasteiger partial charge in [0.25, 0.3) is 5.91 Å². The Morgan fingerprint density at radius 1 is 1.33 bits per heavy atom. The average molecular weight is 242 g/mol. The summed E-state index contributed by atoms with van der Waals surface area (Å²) < 4.78 is 0. The molecule has 1 aliphatic heterocycles. The predicted molar refractivity (Wildman–Crippen MR) is 68.3 cm³/mol. The van der Waals surface area contributed by atoms with E-state index < -0.39 is 5.60 Å². The van der Waals surface area contributed by atoms with Crippen molar-refractivity contribution in [3.05, 3.63) is 42.1 Å². The minimum Gasteiger partial charge on any atom is -0.386 e. The Morgan fingerprint density at radius 2 is 2.11 bits per heavy atom. The molecule has 2 heterocycles. The highest BCUT2D eigenvalue weighted by molar-refractivity contribution is 6.06. The van der Waals surface area contributed by atoms with Crippen LogP contribution in [0, 0.1) is 0 Å². The molecule has 1 saturated heterocycles. The highest BCUT2D eigenvalue weighted by atomic mass is 16.3. The van der Waals surface area contributed by atoms with Crippen LogP contribution in [0.1, 0.15) is 17.3 Å². The lowest BCUT2D eigenvalue weighted by Crippen LogP contribution is -2.61. The van der Waals surface area contributed by atoms with Crippen molar-refractivity contribution < 1.29 is 9.90 Å². The van der Waals surface area contributed by atoms with Crippen LogP contribution in [0.4, 0.5) is 0 Å². The van der Waals surface area contributed by atoms with Gasteiger partial charge < -0.3 is 10.0 Å². The fourth-order valence-electron chi connectivity index (χ4n) is 2.38. The molecule has 2 aromatic rings. The van der Waals surface area contributed by atoms with Crippen LogP contribution in [0.15, 0.2) is 36.5 Å². The predicted octanol–water partition coefficient (Wildman–Crippen LogP) is 1.44. The van der Waals surface area contributed by atoms with E-state index in [9.17, 15) is 9.90 Å². The van der Waals surface area contributed by atoms with Crippen molar-refractivity contribution >= 4 is 16.8 Å². The van der Waals surface area contributed by atoms with Crippen molar-refractivity contribution in [1.29, 1.82) is 0 Å². The minimum atomic E-state index is -0.738. The van der Waals surface area contributed by atoms with Crippen molar-refractivity contribution in [1.82, 2.24) is 9.88 Å². The molecule has 1 amide bonds. The maximum atomic E-state index is 12.3. The number of likely N-dealkylation sites (tertiary alicyclic amines) is 1. The first kappa shape index (κ1) is 11.2. The van der Waals surface area contributed by atoms with Crippen LogP contribution < -0.4 is 0 Å². The number of pyridine rings is 1. The number of hydrogen-bond donors (Lipinski definition) is 1. The number of amides is 1. The van der Waals surface area contributed by atoms with Gasteiger partial charge in [-0.15, -0.1) is 0 Å². The molecule has 0 radical (unpaired) electrons. The second-order valence-electron chi connectivity index (χ2n) is 5.03. The van der Waals surface area contributed by atoms with Crippen molar-refractivity contribution in [2.45, 2.75) is 12.5 Å². The number of rotatable bonds is 1. The van der Waals surface area contributed by atoms with Crippen molar-refractivity contribution in [3.8, 4) is 0 Å². The second-order valence-corrected chi connectivity index (χ2v) is 5.03. The highest BCUT2D eigenvalue weighted by Crippen LogP contribution is 2.25. The zero-order valence-electron chi connectivity index (χ0n) is 10.1. The number of aliphatic hydroxyl groups is 1. The summed E-state index contributed by atoms with van der Waals surface area (Å²) in [5.41, 5.74) is 0.727. The summed E-state index contributed by atoms with van der Waals surface area (Å²) >= 11 is 0. The number of fused-ring (bicyclic) bond motifs is 1. The number of aromatic nitrogens is 1. The fraction of sp³-hybridized carbons (Fsp3) is 0.286. The lowest BCUT2D eigenvalue weighted by Gasteiger charge is -2.44. The minimum absolute atomic E-state index is 0.0416. The zero-order chi connectivity index (χ0) is 12.8. The molecule has 1 aromatic carbocycles. The van der Waals surface area contributed by atoms with E-state index in [1.165, 1.54) is 0 Å². The van der Waals surface area contributed by atoms with E-state index in [2.05, 4.69) is 4.98 Å². The number of benzene rings is 1. The van der Waals surface area contributed by atoms with Crippen LogP contribution in [0.3, 0.4) is 0 Å². The molecule has 1 N–H and O–H groups in total. The molecular weight excluding hydrogens is 228 g/mol. The van der Waals surface area contributed by atoms with E-state index in [0.29, 0.717) is 18.7 Å². The normalized spacial score (nSPS) is 17.6. The van der Waals surface area contributed by atoms with Gasteiger partial charge in [0.2, 0.25) is 0 Å². The van der Waals surface area contributed by atoms with Crippen LogP contribution in [0.25, 0.3) is 10.9 Å². The van der Waals surface area contributed by atoms with Gasteiger partial charge in [0.05, 0.1) is 24.2 Å². The molecule has 0 spiro atoms. The third kappa shape index (κ3) is 1.75. The number of nitrogens with zero attached hydrogens (tertiary/aromatic N) is 2. The molecule has 1 aromatic heterocycles. The molecule has 0 atom stereocenters. The fourth-order valence-corrected chi connectivity index (χ4v) is 2.38. The SMILES string of the molecule is CC1(O)CN(C(=O)c2cccc3ncccc23)C1. The smallest absolute Gasteiger partial charge is 0.254 e. The summed E-state index contributed by atoms with van der Waals surface area (Å²) in [4.78, 5) is 18.2. The van der Waals surface area contributed by atoms with Crippen LogP contribution in [0.5, 0.6) is 0 Å². The Labute approximate surface area is 105 Å². The van der Waals surface area contributed by atoms with E-state index in [4.69, 9.17) is 0 Å². The Kier molecular flexibility index (Phi) is 2.35. The maximum absolute atomic E-state index is 12.3. The quantitative estimate of drug-likeness (QED) is 0.823. The number of carbonyl (C=O) groups excluding carboxylic acids is 1. The maximum Gasteiger partial charge on any atom is 0.254 e. The van der Waals surface area contributed by atoms with Gasteiger partial charge in [0.1, 0.15) is 0 Å². The first-order valence-corrected chi connectivity index (χ1v) is 5.92. The molecule has 4 heteroatoms. The molecule has 0 saturated carbocycles. The van der Waals surface area contributed by atoms with Gasteiger partial charge in [-0.2, -0.15) is 0 Å². The molecule has 0 bridgehead atoms. The Balaban J connectivity index is 1.98.